The van der Waals surface area contributed by atoms with E-state index in [0.29, 0.717) is 28.5 Å². The molecule has 0 atom stereocenters. The summed E-state index contributed by atoms with van der Waals surface area (Å²) < 4.78 is 0. The van der Waals surface area contributed by atoms with Crippen molar-refractivity contribution in [2.75, 3.05) is 30.0 Å². The lowest BCUT2D eigenvalue weighted by Crippen LogP contribution is -2.16. The monoisotopic (exact) mass is 312 g/mol. The summed E-state index contributed by atoms with van der Waals surface area (Å²) >= 11 is 11.8. The van der Waals surface area contributed by atoms with Crippen LogP contribution in [0.3, 0.4) is 0 Å². The van der Waals surface area contributed by atoms with Crippen LogP contribution in [0.5, 0.6) is 0 Å². The Morgan fingerprint density at radius 2 is 1.90 bits per heavy atom. The lowest BCUT2D eigenvalue weighted by Gasteiger charge is -2.12. The van der Waals surface area contributed by atoms with Crippen molar-refractivity contribution in [2.24, 2.45) is 0 Å². The third kappa shape index (κ3) is 3.61. The largest absolute Gasteiger partial charge is 0.368 e. The second kappa shape index (κ2) is 6.11. The fourth-order valence-corrected chi connectivity index (χ4v) is 1.81. The molecule has 0 aliphatic heterocycles. The number of halogens is 2. The summed E-state index contributed by atoms with van der Waals surface area (Å²) in [5, 5.41) is 4.11. The standard InChI is InChI=1S/C12H14Cl2N6/c1-20(2)12-18-10(15)17-11(19-12)16-6-7-3-4-8(13)9(14)5-7/h3-5H,6H2,1-2H3,(H3,15,16,17,18,19). The van der Waals surface area contributed by atoms with Crippen LogP contribution in [0.4, 0.5) is 17.8 Å². The lowest BCUT2D eigenvalue weighted by molar-refractivity contribution is 0.950. The summed E-state index contributed by atoms with van der Waals surface area (Å²) in [5.41, 5.74) is 6.61. The van der Waals surface area contributed by atoms with Gasteiger partial charge in [0, 0.05) is 20.6 Å². The maximum atomic E-state index is 5.96. The van der Waals surface area contributed by atoms with E-state index >= 15 is 0 Å². The van der Waals surface area contributed by atoms with E-state index in [0.717, 1.165) is 5.56 Å². The van der Waals surface area contributed by atoms with E-state index in [2.05, 4.69) is 20.3 Å². The van der Waals surface area contributed by atoms with Crippen molar-refractivity contribution in [1.29, 1.82) is 0 Å². The number of nitrogens with zero attached hydrogens (tertiary/aromatic N) is 4. The molecule has 3 N–H and O–H groups in total. The Bertz CT molecular complexity index is 617. The van der Waals surface area contributed by atoms with Crippen LogP contribution in [0.2, 0.25) is 10.0 Å². The maximum absolute atomic E-state index is 5.96. The number of nitrogen functional groups attached to an aromatic ring is 1. The van der Waals surface area contributed by atoms with Gasteiger partial charge in [-0.15, -0.1) is 0 Å². The van der Waals surface area contributed by atoms with Crippen LogP contribution >= 0.6 is 23.2 Å². The average molecular weight is 313 g/mol. The highest BCUT2D eigenvalue weighted by atomic mass is 35.5. The Balaban J connectivity index is 2.12. The van der Waals surface area contributed by atoms with E-state index in [1.807, 2.05) is 20.2 Å². The summed E-state index contributed by atoms with van der Waals surface area (Å²) in [7, 11) is 3.66. The van der Waals surface area contributed by atoms with Gasteiger partial charge in [-0.1, -0.05) is 29.3 Å². The summed E-state index contributed by atoms with van der Waals surface area (Å²) in [6.45, 7) is 0.507. The van der Waals surface area contributed by atoms with Crippen molar-refractivity contribution in [2.45, 2.75) is 6.54 Å². The number of aromatic nitrogens is 3. The van der Waals surface area contributed by atoms with E-state index in [9.17, 15) is 0 Å². The fourth-order valence-electron chi connectivity index (χ4n) is 1.49. The van der Waals surface area contributed by atoms with Crippen LogP contribution < -0.4 is 16.0 Å². The van der Waals surface area contributed by atoms with Crippen molar-refractivity contribution < 1.29 is 0 Å². The number of anilines is 3. The minimum absolute atomic E-state index is 0.167. The Kier molecular flexibility index (Phi) is 4.46. The number of benzene rings is 1. The van der Waals surface area contributed by atoms with Crippen LogP contribution in [0, 0.1) is 0 Å². The van der Waals surface area contributed by atoms with Crippen LogP contribution in [-0.4, -0.2) is 29.0 Å². The van der Waals surface area contributed by atoms with Gasteiger partial charge in [-0.2, -0.15) is 15.0 Å². The van der Waals surface area contributed by atoms with Crippen molar-refractivity contribution in [3.05, 3.63) is 33.8 Å². The maximum Gasteiger partial charge on any atom is 0.231 e. The first-order valence-corrected chi connectivity index (χ1v) is 6.58. The molecule has 1 aromatic carbocycles. The highest BCUT2D eigenvalue weighted by Crippen LogP contribution is 2.23. The second-order valence-corrected chi connectivity index (χ2v) is 5.13. The van der Waals surface area contributed by atoms with Gasteiger partial charge in [0.25, 0.3) is 0 Å². The number of hydrogen-bond acceptors (Lipinski definition) is 6. The number of hydrogen-bond donors (Lipinski definition) is 2. The molecule has 0 saturated carbocycles. The molecular formula is C12H14Cl2N6. The molecule has 2 aromatic rings. The number of rotatable bonds is 4. The predicted octanol–water partition coefficient (Wildman–Crippen LogP) is 2.44. The molecule has 1 aromatic heterocycles. The van der Waals surface area contributed by atoms with Crippen molar-refractivity contribution >= 4 is 41.0 Å². The van der Waals surface area contributed by atoms with E-state index in [1.54, 1.807) is 17.0 Å². The molecule has 6 nitrogen and oxygen atoms in total. The van der Waals surface area contributed by atoms with Gasteiger partial charge in [0.05, 0.1) is 10.0 Å². The van der Waals surface area contributed by atoms with Crippen molar-refractivity contribution in [3.63, 3.8) is 0 Å². The third-order valence-corrected chi connectivity index (χ3v) is 3.21. The highest BCUT2D eigenvalue weighted by molar-refractivity contribution is 6.42. The predicted molar refractivity (Wildman–Crippen MR) is 82.4 cm³/mol. The minimum atomic E-state index is 0.167. The first kappa shape index (κ1) is 14.6. The Morgan fingerprint density at radius 3 is 2.55 bits per heavy atom. The molecule has 0 aliphatic rings. The van der Waals surface area contributed by atoms with Gasteiger partial charge >= 0.3 is 0 Å². The summed E-state index contributed by atoms with van der Waals surface area (Å²) in [6.07, 6.45) is 0. The quantitative estimate of drug-likeness (QED) is 0.902. The summed E-state index contributed by atoms with van der Waals surface area (Å²) in [6, 6.07) is 5.40. The Hall–Kier alpha value is -1.79. The van der Waals surface area contributed by atoms with Crippen LogP contribution in [-0.2, 0) is 6.54 Å². The van der Waals surface area contributed by atoms with Crippen LogP contribution in [0.15, 0.2) is 18.2 Å². The van der Waals surface area contributed by atoms with Gasteiger partial charge in [0.15, 0.2) is 0 Å². The fraction of sp³-hybridized carbons (Fsp3) is 0.250. The zero-order valence-electron chi connectivity index (χ0n) is 11.1. The molecule has 8 heteroatoms. The molecule has 0 saturated heterocycles. The zero-order valence-corrected chi connectivity index (χ0v) is 12.6. The molecular weight excluding hydrogens is 299 g/mol. The lowest BCUT2D eigenvalue weighted by atomic mass is 10.2. The molecule has 0 spiro atoms. The molecule has 0 aliphatic carbocycles. The molecule has 1 heterocycles. The molecule has 0 radical (unpaired) electrons. The van der Waals surface area contributed by atoms with E-state index in [4.69, 9.17) is 28.9 Å². The van der Waals surface area contributed by atoms with Gasteiger partial charge < -0.3 is 16.0 Å². The summed E-state index contributed by atoms with van der Waals surface area (Å²) in [5.74, 6) is 1.07. The minimum Gasteiger partial charge on any atom is -0.368 e. The first-order valence-electron chi connectivity index (χ1n) is 5.82. The molecule has 106 valence electrons. The average Bonchev–Trinajstić information content (AvgIpc) is 2.39. The van der Waals surface area contributed by atoms with Gasteiger partial charge in [0.2, 0.25) is 17.8 Å². The molecule has 0 unspecified atom stereocenters. The molecule has 0 bridgehead atoms. The highest BCUT2D eigenvalue weighted by Gasteiger charge is 2.06. The molecule has 0 amide bonds. The Labute approximate surface area is 126 Å². The Morgan fingerprint density at radius 1 is 1.15 bits per heavy atom. The second-order valence-electron chi connectivity index (χ2n) is 4.31. The normalized spacial score (nSPS) is 10.4. The van der Waals surface area contributed by atoms with Gasteiger partial charge in [-0.25, -0.2) is 0 Å². The molecule has 2 rings (SSSR count). The smallest absolute Gasteiger partial charge is 0.231 e. The first-order chi connectivity index (χ1) is 9.45. The van der Waals surface area contributed by atoms with Gasteiger partial charge in [0.1, 0.15) is 0 Å². The van der Waals surface area contributed by atoms with Crippen LogP contribution in [0.1, 0.15) is 5.56 Å². The van der Waals surface area contributed by atoms with E-state index in [-0.39, 0.29) is 5.95 Å². The van der Waals surface area contributed by atoms with Crippen LogP contribution in [0.25, 0.3) is 0 Å². The topological polar surface area (TPSA) is 80.0 Å². The SMILES string of the molecule is CN(C)c1nc(N)nc(NCc2ccc(Cl)c(Cl)c2)n1. The number of nitrogens with two attached hydrogens (primary N) is 1. The summed E-state index contributed by atoms with van der Waals surface area (Å²) in [4.78, 5) is 14.0. The van der Waals surface area contributed by atoms with Gasteiger partial charge in [-0.05, 0) is 17.7 Å². The third-order valence-electron chi connectivity index (χ3n) is 2.48. The number of nitrogens with one attached hydrogen (secondary N) is 1. The zero-order chi connectivity index (χ0) is 14.7. The van der Waals surface area contributed by atoms with E-state index in [1.165, 1.54) is 0 Å². The van der Waals surface area contributed by atoms with Crippen molar-refractivity contribution in [3.8, 4) is 0 Å². The van der Waals surface area contributed by atoms with E-state index < -0.39 is 0 Å². The molecule has 20 heavy (non-hydrogen) atoms. The van der Waals surface area contributed by atoms with Gasteiger partial charge in [-0.3, -0.25) is 0 Å². The molecule has 0 fully saturated rings. The van der Waals surface area contributed by atoms with Crippen molar-refractivity contribution in [1.82, 2.24) is 15.0 Å².